The summed E-state index contributed by atoms with van der Waals surface area (Å²) in [6, 6.07) is 6.87. The maximum Gasteiger partial charge on any atom is 0.251 e. The van der Waals surface area contributed by atoms with Gasteiger partial charge in [0.2, 0.25) is 11.8 Å². The number of carbonyl (C=O) groups excluding carboxylic acids is 3. The predicted molar refractivity (Wildman–Crippen MR) is 96.3 cm³/mol. The third kappa shape index (κ3) is 3.58. The molecule has 2 heterocycles. The van der Waals surface area contributed by atoms with E-state index in [1.54, 1.807) is 24.3 Å². The standard InChI is InChI=1S/C19H25N3O3/c1-3-15-6-4-5-11-21(15)17-12-18(24)22(19(17)25)16-9-7-14(8-10-16)20-13(2)23/h7-10,15,17H,3-6,11-12H2,1-2H3,(H,20,23)/t15-,17-/m0/s1. The number of piperidine rings is 1. The minimum atomic E-state index is -0.340. The molecule has 0 saturated carbocycles. The average Bonchev–Trinajstić information content (AvgIpc) is 2.89. The maximum atomic E-state index is 12.9. The molecule has 1 aromatic carbocycles. The minimum Gasteiger partial charge on any atom is -0.326 e. The van der Waals surface area contributed by atoms with E-state index in [0.29, 0.717) is 17.4 Å². The molecule has 1 N–H and O–H groups in total. The molecule has 3 amide bonds. The number of rotatable bonds is 4. The van der Waals surface area contributed by atoms with Gasteiger partial charge < -0.3 is 5.32 Å². The van der Waals surface area contributed by atoms with E-state index in [0.717, 1.165) is 25.8 Å². The van der Waals surface area contributed by atoms with E-state index >= 15 is 0 Å². The van der Waals surface area contributed by atoms with Crippen LogP contribution in [-0.2, 0) is 14.4 Å². The molecular formula is C19H25N3O3. The van der Waals surface area contributed by atoms with E-state index in [1.165, 1.54) is 18.2 Å². The molecule has 0 bridgehead atoms. The molecule has 2 aliphatic rings. The predicted octanol–water partition coefficient (Wildman–Crippen LogP) is 2.54. The van der Waals surface area contributed by atoms with Gasteiger partial charge in [-0.05, 0) is 50.1 Å². The molecule has 1 aromatic rings. The number of nitrogens with zero attached hydrogens (tertiary/aromatic N) is 2. The Balaban J connectivity index is 1.78. The first-order valence-electron chi connectivity index (χ1n) is 9.01. The largest absolute Gasteiger partial charge is 0.326 e. The van der Waals surface area contributed by atoms with Crippen molar-refractivity contribution in [3.63, 3.8) is 0 Å². The number of likely N-dealkylation sites (tertiary alicyclic amines) is 1. The van der Waals surface area contributed by atoms with Crippen molar-refractivity contribution in [2.24, 2.45) is 0 Å². The lowest BCUT2D eigenvalue weighted by Gasteiger charge is -2.38. The van der Waals surface area contributed by atoms with Crippen LogP contribution in [0.2, 0.25) is 0 Å². The van der Waals surface area contributed by atoms with Crippen LogP contribution >= 0.6 is 0 Å². The van der Waals surface area contributed by atoms with Crippen molar-refractivity contribution in [2.75, 3.05) is 16.8 Å². The van der Waals surface area contributed by atoms with E-state index in [9.17, 15) is 14.4 Å². The molecule has 134 valence electrons. The summed E-state index contributed by atoms with van der Waals surface area (Å²) in [5.74, 6) is -0.433. The van der Waals surface area contributed by atoms with Gasteiger partial charge in [0.15, 0.2) is 0 Å². The molecule has 6 heteroatoms. The molecule has 0 aromatic heterocycles. The van der Waals surface area contributed by atoms with Crippen molar-refractivity contribution in [1.82, 2.24) is 4.90 Å². The lowest BCUT2D eigenvalue weighted by atomic mass is 9.97. The summed E-state index contributed by atoms with van der Waals surface area (Å²) in [6.07, 6.45) is 4.63. The fourth-order valence-electron chi connectivity index (χ4n) is 3.92. The third-order valence-corrected chi connectivity index (χ3v) is 5.11. The molecule has 2 atom stereocenters. The molecule has 0 aliphatic carbocycles. The van der Waals surface area contributed by atoms with Gasteiger partial charge in [-0.25, -0.2) is 4.90 Å². The van der Waals surface area contributed by atoms with Gasteiger partial charge in [-0.2, -0.15) is 0 Å². The zero-order valence-electron chi connectivity index (χ0n) is 14.8. The number of benzene rings is 1. The second kappa shape index (κ2) is 7.35. The van der Waals surface area contributed by atoms with Crippen molar-refractivity contribution in [3.8, 4) is 0 Å². The molecule has 2 saturated heterocycles. The quantitative estimate of drug-likeness (QED) is 0.853. The summed E-state index contributed by atoms with van der Waals surface area (Å²) in [5, 5.41) is 2.68. The summed E-state index contributed by atoms with van der Waals surface area (Å²) in [5.41, 5.74) is 1.21. The first-order valence-corrected chi connectivity index (χ1v) is 9.01. The van der Waals surface area contributed by atoms with Gasteiger partial charge in [0.25, 0.3) is 5.91 Å². The molecule has 3 rings (SSSR count). The highest BCUT2D eigenvalue weighted by Gasteiger charge is 2.44. The monoisotopic (exact) mass is 343 g/mol. The molecule has 0 spiro atoms. The molecule has 2 aliphatic heterocycles. The molecule has 2 fully saturated rings. The average molecular weight is 343 g/mol. The van der Waals surface area contributed by atoms with Crippen molar-refractivity contribution >= 4 is 29.1 Å². The van der Waals surface area contributed by atoms with Gasteiger partial charge in [0, 0.05) is 18.7 Å². The Hall–Kier alpha value is -2.21. The van der Waals surface area contributed by atoms with Gasteiger partial charge in [0.05, 0.1) is 18.2 Å². The number of hydrogen-bond donors (Lipinski definition) is 1. The minimum absolute atomic E-state index is 0.127. The molecule has 6 nitrogen and oxygen atoms in total. The van der Waals surface area contributed by atoms with Crippen molar-refractivity contribution in [2.45, 2.75) is 58.0 Å². The summed E-state index contributed by atoms with van der Waals surface area (Å²) in [4.78, 5) is 40.1. The Labute approximate surface area is 148 Å². The van der Waals surface area contributed by atoms with Crippen molar-refractivity contribution in [3.05, 3.63) is 24.3 Å². The highest BCUT2D eigenvalue weighted by Crippen LogP contribution is 2.31. The van der Waals surface area contributed by atoms with Gasteiger partial charge in [-0.3, -0.25) is 19.3 Å². The van der Waals surface area contributed by atoms with Crippen LogP contribution < -0.4 is 10.2 Å². The molecule has 25 heavy (non-hydrogen) atoms. The Morgan fingerprint density at radius 1 is 1.20 bits per heavy atom. The maximum absolute atomic E-state index is 12.9. The van der Waals surface area contributed by atoms with Crippen LogP contribution in [0.4, 0.5) is 11.4 Å². The summed E-state index contributed by atoms with van der Waals surface area (Å²) < 4.78 is 0. The van der Waals surface area contributed by atoms with Crippen molar-refractivity contribution in [1.29, 1.82) is 0 Å². The number of imide groups is 1. The molecular weight excluding hydrogens is 318 g/mol. The topological polar surface area (TPSA) is 69.7 Å². The lowest BCUT2D eigenvalue weighted by Crippen LogP contribution is -2.49. The smallest absolute Gasteiger partial charge is 0.251 e. The Bertz CT molecular complexity index is 671. The number of anilines is 2. The molecule has 0 radical (unpaired) electrons. The second-order valence-electron chi connectivity index (χ2n) is 6.81. The van der Waals surface area contributed by atoms with Gasteiger partial charge in [0.1, 0.15) is 0 Å². The SMILES string of the molecule is CC[C@H]1CCCCN1[C@H]1CC(=O)N(c2ccc(NC(C)=O)cc2)C1=O. The van der Waals surface area contributed by atoms with Crippen LogP contribution in [0.25, 0.3) is 0 Å². The van der Waals surface area contributed by atoms with Crippen LogP contribution in [0.1, 0.15) is 46.0 Å². The first-order chi connectivity index (χ1) is 12.0. The van der Waals surface area contributed by atoms with Crippen LogP contribution in [0, 0.1) is 0 Å². The summed E-state index contributed by atoms with van der Waals surface area (Å²) in [6.45, 7) is 4.47. The third-order valence-electron chi connectivity index (χ3n) is 5.11. The number of amides is 3. The van der Waals surface area contributed by atoms with Crippen LogP contribution in [-0.4, -0.2) is 41.2 Å². The number of nitrogens with one attached hydrogen (secondary N) is 1. The van der Waals surface area contributed by atoms with Crippen LogP contribution in [0.5, 0.6) is 0 Å². The van der Waals surface area contributed by atoms with Gasteiger partial charge in [-0.1, -0.05) is 13.3 Å². The first kappa shape index (κ1) is 17.6. The van der Waals surface area contributed by atoms with Crippen LogP contribution in [0.15, 0.2) is 24.3 Å². The normalized spacial score (nSPS) is 24.6. The van der Waals surface area contributed by atoms with E-state index in [2.05, 4.69) is 17.1 Å². The van der Waals surface area contributed by atoms with Gasteiger partial charge >= 0.3 is 0 Å². The lowest BCUT2D eigenvalue weighted by molar-refractivity contribution is -0.123. The number of hydrogen-bond acceptors (Lipinski definition) is 4. The zero-order valence-corrected chi connectivity index (χ0v) is 14.8. The second-order valence-corrected chi connectivity index (χ2v) is 6.81. The van der Waals surface area contributed by atoms with Crippen LogP contribution in [0.3, 0.4) is 0 Å². The van der Waals surface area contributed by atoms with Gasteiger partial charge in [-0.15, -0.1) is 0 Å². The Kier molecular flexibility index (Phi) is 5.18. The number of carbonyl (C=O) groups is 3. The van der Waals surface area contributed by atoms with E-state index < -0.39 is 0 Å². The zero-order chi connectivity index (χ0) is 18.0. The van der Waals surface area contributed by atoms with E-state index in [4.69, 9.17) is 0 Å². The fraction of sp³-hybridized carbons (Fsp3) is 0.526. The van der Waals surface area contributed by atoms with E-state index in [1.807, 2.05) is 0 Å². The van der Waals surface area contributed by atoms with Crippen molar-refractivity contribution < 1.29 is 14.4 Å². The summed E-state index contributed by atoms with van der Waals surface area (Å²) >= 11 is 0. The van der Waals surface area contributed by atoms with E-state index in [-0.39, 0.29) is 30.2 Å². The Morgan fingerprint density at radius 2 is 1.92 bits per heavy atom. The molecule has 0 unspecified atom stereocenters. The Morgan fingerprint density at radius 3 is 2.56 bits per heavy atom. The summed E-state index contributed by atoms with van der Waals surface area (Å²) in [7, 11) is 0. The fourth-order valence-corrected chi connectivity index (χ4v) is 3.92. The highest BCUT2D eigenvalue weighted by atomic mass is 16.2. The highest BCUT2D eigenvalue weighted by molar-refractivity contribution is 6.22.